The van der Waals surface area contributed by atoms with Crippen molar-refractivity contribution >= 4 is 11.9 Å². The number of nitrogens with one attached hydrogen (secondary N) is 2. The van der Waals surface area contributed by atoms with Crippen LogP contribution in [0.25, 0.3) is 0 Å². The van der Waals surface area contributed by atoms with E-state index in [1.54, 1.807) is 0 Å². The van der Waals surface area contributed by atoms with E-state index >= 15 is 0 Å². The first-order valence-corrected chi connectivity index (χ1v) is 4.89. The van der Waals surface area contributed by atoms with E-state index in [2.05, 4.69) is 10.6 Å². The first-order chi connectivity index (χ1) is 7.13. The van der Waals surface area contributed by atoms with Crippen LogP contribution < -0.4 is 10.6 Å². The second kappa shape index (κ2) is 5.67. The maximum atomic E-state index is 10.9. The molecule has 3 N–H and O–H groups in total. The van der Waals surface area contributed by atoms with Gasteiger partial charge in [0.05, 0.1) is 12.0 Å². The van der Waals surface area contributed by atoms with Crippen LogP contribution in [-0.2, 0) is 14.3 Å². The number of piperidine rings is 1. The molecule has 1 amide bonds. The quantitative estimate of drug-likeness (QED) is 0.550. The summed E-state index contributed by atoms with van der Waals surface area (Å²) in [6.45, 7) is 1.05. The minimum absolute atomic E-state index is 0.0187. The molecule has 0 aromatic rings. The Kier molecular flexibility index (Phi) is 4.51. The van der Waals surface area contributed by atoms with Crippen molar-refractivity contribution in [3.8, 4) is 0 Å². The Morgan fingerprint density at radius 3 is 2.87 bits per heavy atom. The van der Waals surface area contributed by atoms with Crippen LogP contribution in [0.1, 0.15) is 6.42 Å². The van der Waals surface area contributed by atoms with Gasteiger partial charge in [-0.15, -0.1) is 0 Å². The molecule has 6 nitrogen and oxygen atoms in total. The number of hydrogen-bond donors (Lipinski definition) is 3. The molecule has 0 aromatic carbocycles. The number of carboxylic acid groups (broad SMARTS) is 1. The summed E-state index contributed by atoms with van der Waals surface area (Å²) >= 11 is 0. The molecule has 6 heteroatoms. The largest absolute Gasteiger partial charge is 0.481 e. The minimum atomic E-state index is -0.823. The van der Waals surface area contributed by atoms with E-state index in [0.29, 0.717) is 19.5 Å². The van der Waals surface area contributed by atoms with Crippen LogP contribution >= 0.6 is 0 Å². The van der Waals surface area contributed by atoms with Crippen molar-refractivity contribution in [2.75, 3.05) is 26.7 Å². The van der Waals surface area contributed by atoms with E-state index in [1.165, 1.54) is 7.05 Å². The molecule has 1 fully saturated rings. The fourth-order valence-corrected chi connectivity index (χ4v) is 1.48. The van der Waals surface area contributed by atoms with Gasteiger partial charge in [0.2, 0.25) is 5.91 Å². The molecule has 1 rings (SSSR count). The van der Waals surface area contributed by atoms with Crippen LogP contribution in [0.4, 0.5) is 0 Å². The third kappa shape index (κ3) is 3.85. The molecule has 0 aliphatic carbocycles. The summed E-state index contributed by atoms with van der Waals surface area (Å²) in [5, 5.41) is 14.2. The van der Waals surface area contributed by atoms with Crippen molar-refractivity contribution in [3.05, 3.63) is 0 Å². The zero-order valence-corrected chi connectivity index (χ0v) is 8.66. The summed E-state index contributed by atoms with van der Waals surface area (Å²) < 4.78 is 5.28. The number of likely N-dealkylation sites (N-methyl/N-ethyl adjacent to an activating group) is 1. The molecular weight excluding hydrogens is 200 g/mol. The predicted molar refractivity (Wildman–Crippen MR) is 52.4 cm³/mol. The number of carbonyl (C=O) groups excluding carboxylic acids is 1. The highest BCUT2D eigenvalue weighted by molar-refractivity contribution is 5.76. The average Bonchev–Trinajstić information content (AvgIpc) is 2.26. The van der Waals surface area contributed by atoms with E-state index in [0.717, 1.165) is 0 Å². The number of rotatable bonds is 4. The molecule has 2 unspecified atom stereocenters. The summed E-state index contributed by atoms with van der Waals surface area (Å²) in [6, 6.07) is 0. The average molecular weight is 216 g/mol. The summed E-state index contributed by atoms with van der Waals surface area (Å²) in [5.74, 6) is -1.45. The van der Waals surface area contributed by atoms with Crippen molar-refractivity contribution in [2.24, 2.45) is 5.92 Å². The summed E-state index contributed by atoms with van der Waals surface area (Å²) in [6.07, 6.45) is 0.261. The lowest BCUT2D eigenvalue weighted by Gasteiger charge is -2.27. The fourth-order valence-electron chi connectivity index (χ4n) is 1.48. The molecule has 1 aliphatic heterocycles. The molecular formula is C9H16N2O4. The number of amides is 1. The first-order valence-electron chi connectivity index (χ1n) is 4.89. The zero-order valence-electron chi connectivity index (χ0n) is 8.66. The van der Waals surface area contributed by atoms with Gasteiger partial charge in [0.15, 0.2) is 0 Å². The van der Waals surface area contributed by atoms with Crippen molar-refractivity contribution in [2.45, 2.75) is 12.5 Å². The van der Waals surface area contributed by atoms with Crippen LogP contribution in [0, 0.1) is 5.92 Å². The Balaban J connectivity index is 2.30. The highest BCUT2D eigenvalue weighted by atomic mass is 16.5. The van der Waals surface area contributed by atoms with Gasteiger partial charge < -0.3 is 20.5 Å². The smallest absolute Gasteiger partial charge is 0.307 e. The number of hydrogen-bond acceptors (Lipinski definition) is 4. The van der Waals surface area contributed by atoms with Gasteiger partial charge >= 0.3 is 5.97 Å². The van der Waals surface area contributed by atoms with Gasteiger partial charge in [-0.05, 0) is 6.42 Å². The van der Waals surface area contributed by atoms with Crippen molar-refractivity contribution < 1.29 is 19.4 Å². The molecule has 15 heavy (non-hydrogen) atoms. The number of ether oxygens (including phenoxy) is 1. The van der Waals surface area contributed by atoms with Crippen LogP contribution in [0.2, 0.25) is 0 Å². The number of aliphatic carboxylic acids is 1. The van der Waals surface area contributed by atoms with Crippen LogP contribution in [0.15, 0.2) is 0 Å². The van der Waals surface area contributed by atoms with E-state index in [-0.39, 0.29) is 18.6 Å². The highest BCUT2D eigenvalue weighted by Gasteiger charge is 2.27. The van der Waals surface area contributed by atoms with Gasteiger partial charge in [0.1, 0.15) is 6.61 Å². The number of carboxylic acids is 1. The van der Waals surface area contributed by atoms with Gasteiger partial charge in [-0.25, -0.2) is 0 Å². The van der Waals surface area contributed by atoms with Crippen LogP contribution in [-0.4, -0.2) is 49.8 Å². The standard InChI is InChI=1S/C9H16N2O4/c1-10-8(12)5-15-7-2-6(9(13)14)3-11-4-7/h6-7,11H,2-5H2,1H3,(H,10,12)(H,13,14). The second-order valence-corrected chi connectivity index (χ2v) is 3.54. The van der Waals surface area contributed by atoms with Crippen molar-refractivity contribution in [1.29, 1.82) is 0 Å². The van der Waals surface area contributed by atoms with Gasteiger partial charge in [0.25, 0.3) is 0 Å². The Hall–Kier alpha value is -1.14. The third-order valence-electron chi connectivity index (χ3n) is 2.39. The highest BCUT2D eigenvalue weighted by Crippen LogP contribution is 2.13. The minimum Gasteiger partial charge on any atom is -0.481 e. The lowest BCUT2D eigenvalue weighted by molar-refractivity contribution is -0.144. The van der Waals surface area contributed by atoms with Gasteiger partial charge in [0, 0.05) is 20.1 Å². The summed E-state index contributed by atoms with van der Waals surface area (Å²) in [7, 11) is 1.53. The molecule has 2 atom stereocenters. The zero-order chi connectivity index (χ0) is 11.3. The molecule has 1 saturated heterocycles. The molecule has 1 heterocycles. The topological polar surface area (TPSA) is 87.7 Å². The van der Waals surface area contributed by atoms with Crippen LogP contribution in [0.3, 0.4) is 0 Å². The molecule has 0 saturated carbocycles. The predicted octanol–water partition coefficient (Wildman–Crippen LogP) is -1.19. The van der Waals surface area contributed by atoms with Crippen molar-refractivity contribution in [1.82, 2.24) is 10.6 Å². The Morgan fingerprint density at radius 1 is 1.53 bits per heavy atom. The second-order valence-electron chi connectivity index (χ2n) is 3.54. The SMILES string of the molecule is CNC(=O)COC1CNCC(C(=O)O)C1. The normalized spacial score (nSPS) is 25.9. The molecule has 0 aromatic heterocycles. The fraction of sp³-hybridized carbons (Fsp3) is 0.778. The Bertz CT molecular complexity index is 244. The molecule has 0 spiro atoms. The first kappa shape index (κ1) is 11.9. The Morgan fingerprint density at radius 2 is 2.27 bits per heavy atom. The van der Waals surface area contributed by atoms with Gasteiger partial charge in [-0.3, -0.25) is 9.59 Å². The van der Waals surface area contributed by atoms with Crippen molar-refractivity contribution in [3.63, 3.8) is 0 Å². The molecule has 0 radical (unpaired) electrons. The van der Waals surface area contributed by atoms with E-state index in [9.17, 15) is 9.59 Å². The molecule has 1 aliphatic rings. The number of carbonyl (C=O) groups is 2. The Labute approximate surface area is 88.0 Å². The molecule has 86 valence electrons. The van der Waals surface area contributed by atoms with E-state index in [1.807, 2.05) is 0 Å². The van der Waals surface area contributed by atoms with Gasteiger partial charge in [-0.2, -0.15) is 0 Å². The summed E-state index contributed by atoms with van der Waals surface area (Å²) in [4.78, 5) is 21.6. The maximum absolute atomic E-state index is 10.9. The summed E-state index contributed by atoms with van der Waals surface area (Å²) in [5.41, 5.74) is 0. The van der Waals surface area contributed by atoms with E-state index < -0.39 is 11.9 Å². The molecule has 0 bridgehead atoms. The van der Waals surface area contributed by atoms with Gasteiger partial charge in [-0.1, -0.05) is 0 Å². The lowest BCUT2D eigenvalue weighted by Crippen LogP contribution is -2.44. The monoisotopic (exact) mass is 216 g/mol. The maximum Gasteiger partial charge on any atom is 0.307 e. The van der Waals surface area contributed by atoms with Crippen LogP contribution in [0.5, 0.6) is 0 Å². The van der Waals surface area contributed by atoms with E-state index in [4.69, 9.17) is 9.84 Å². The third-order valence-corrected chi connectivity index (χ3v) is 2.39. The lowest BCUT2D eigenvalue weighted by atomic mass is 9.98.